The van der Waals surface area contributed by atoms with Crippen molar-refractivity contribution in [2.75, 3.05) is 7.11 Å². The van der Waals surface area contributed by atoms with Crippen LogP contribution in [0.2, 0.25) is 0 Å². The topological polar surface area (TPSA) is 64.3 Å². The van der Waals surface area contributed by atoms with Crippen molar-refractivity contribution >= 4 is 5.97 Å². The second-order valence-electron chi connectivity index (χ2n) is 5.60. The molecule has 0 aliphatic heterocycles. The van der Waals surface area contributed by atoms with E-state index in [0.29, 0.717) is 0 Å². The summed E-state index contributed by atoms with van der Waals surface area (Å²) in [5.74, 6) is -1.01. The lowest BCUT2D eigenvalue weighted by atomic mass is 10.0. The largest absolute Gasteiger partial charge is 0.476 e. The average molecular weight is 286 g/mol. The summed E-state index contributed by atoms with van der Waals surface area (Å²) >= 11 is 0. The minimum absolute atomic E-state index is 0.0462. The average Bonchev–Trinajstić information content (AvgIpc) is 3.13. The van der Waals surface area contributed by atoms with Crippen LogP contribution in [-0.2, 0) is 18.2 Å². The van der Waals surface area contributed by atoms with Crippen molar-refractivity contribution in [1.29, 1.82) is 0 Å². The maximum Gasteiger partial charge on any atom is 0.356 e. The fourth-order valence-corrected chi connectivity index (χ4v) is 2.60. The number of nitrogens with zero attached hydrogens (tertiary/aromatic N) is 2. The molecule has 1 fully saturated rings. The third-order valence-electron chi connectivity index (χ3n) is 4.12. The summed E-state index contributed by atoms with van der Waals surface area (Å²) < 4.78 is 7.13. The zero-order valence-electron chi connectivity index (χ0n) is 12.2. The zero-order chi connectivity index (χ0) is 15.0. The number of carbonyl (C=O) groups is 1. The van der Waals surface area contributed by atoms with Gasteiger partial charge in [0.2, 0.25) is 0 Å². The van der Waals surface area contributed by atoms with Crippen LogP contribution in [0.15, 0.2) is 30.3 Å². The van der Waals surface area contributed by atoms with Gasteiger partial charge in [0.05, 0.1) is 11.3 Å². The number of hydrogen-bond acceptors (Lipinski definition) is 3. The third-order valence-corrected chi connectivity index (χ3v) is 4.12. The Morgan fingerprint density at radius 3 is 2.52 bits per heavy atom. The van der Waals surface area contributed by atoms with Crippen LogP contribution in [0.3, 0.4) is 0 Å². The summed E-state index contributed by atoms with van der Waals surface area (Å²) in [6, 6.07) is 9.74. The fourth-order valence-electron chi connectivity index (χ4n) is 2.60. The van der Waals surface area contributed by atoms with Gasteiger partial charge in [-0.05, 0) is 30.0 Å². The first-order valence-electron chi connectivity index (χ1n) is 6.95. The van der Waals surface area contributed by atoms with Crippen molar-refractivity contribution in [2.45, 2.75) is 24.9 Å². The minimum Gasteiger partial charge on any atom is -0.476 e. The molecule has 110 valence electrons. The van der Waals surface area contributed by atoms with E-state index in [1.54, 1.807) is 24.9 Å². The second kappa shape index (κ2) is 5.00. The van der Waals surface area contributed by atoms with Gasteiger partial charge in [-0.3, -0.25) is 4.68 Å². The van der Waals surface area contributed by atoms with E-state index in [2.05, 4.69) is 17.2 Å². The molecule has 1 aliphatic rings. The first-order valence-corrected chi connectivity index (χ1v) is 6.95. The predicted molar refractivity (Wildman–Crippen MR) is 78.3 cm³/mol. The Kier molecular flexibility index (Phi) is 3.29. The quantitative estimate of drug-likeness (QED) is 0.917. The summed E-state index contributed by atoms with van der Waals surface area (Å²) in [6.07, 6.45) is 3.17. The van der Waals surface area contributed by atoms with Gasteiger partial charge in [0.15, 0.2) is 5.69 Å². The van der Waals surface area contributed by atoms with E-state index in [9.17, 15) is 4.79 Å². The zero-order valence-corrected chi connectivity index (χ0v) is 12.2. The van der Waals surface area contributed by atoms with Gasteiger partial charge >= 0.3 is 5.97 Å². The molecular formula is C16H18N2O3. The molecule has 1 heterocycles. The fraction of sp³-hybridized carbons (Fsp3) is 0.375. The van der Waals surface area contributed by atoms with Gasteiger partial charge in [-0.25, -0.2) is 4.79 Å². The summed E-state index contributed by atoms with van der Waals surface area (Å²) in [7, 11) is 3.52. The summed E-state index contributed by atoms with van der Waals surface area (Å²) in [5, 5.41) is 13.0. The number of rotatable bonds is 5. The van der Waals surface area contributed by atoms with Crippen molar-refractivity contribution < 1.29 is 14.6 Å². The first kappa shape index (κ1) is 13.8. The number of carboxylic acids is 1. The molecule has 1 aromatic carbocycles. The molecule has 21 heavy (non-hydrogen) atoms. The van der Waals surface area contributed by atoms with Gasteiger partial charge in [-0.1, -0.05) is 24.3 Å². The molecule has 1 saturated carbocycles. The molecule has 2 aromatic rings. The molecule has 0 atom stereocenters. The van der Waals surface area contributed by atoms with Crippen LogP contribution in [0.5, 0.6) is 0 Å². The molecule has 0 unspecified atom stereocenters. The molecule has 0 spiro atoms. The lowest BCUT2D eigenvalue weighted by Gasteiger charge is -2.13. The second-order valence-corrected chi connectivity index (χ2v) is 5.60. The Hall–Kier alpha value is -2.14. The molecule has 5 nitrogen and oxygen atoms in total. The smallest absolute Gasteiger partial charge is 0.356 e. The highest BCUT2D eigenvalue weighted by Gasteiger charge is 2.42. The highest BCUT2D eigenvalue weighted by Crippen LogP contribution is 2.41. The van der Waals surface area contributed by atoms with Gasteiger partial charge in [0, 0.05) is 20.6 Å². The highest BCUT2D eigenvalue weighted by molar-refractivity contribution is 5.87. The van der Waals surface area contributed by atoms with Crippen LogP contribution in [0.4, 0.5) is 0 Å². The van der Waals surface area contributed by atoms with Crippen LogP contribution in [0, 0.1) is 0 Å². The van der Waals surface area contributed by atoms with Crippen LogP contribution >= 0.6 is 0 Å². The van der Waals surface area contributed by atoms with Crippen molar-refractivity contribution in [3.8, 4) is 11.3 Å². The third kappa shape index (κ3) is 2.69. The van der Waals surface area contributed by atoms with E-state index in [1.807, 2.05) is 12.1 Å². The van der Waals surface area contributed by atoms with E-state index in [0.717, 1.165) is 30.5 Å². The molecule has 0 saturated heterocycles. The Labute approximate surface area is 123 Å². The standard InChI is InChI=1S/C16H18N2O3/c1-18-14(9-13(17-18)15(19)20)12-5-3-11(4-6-12)10-16(21-2)7-8-16/h3-6,9H,7-8,10H2,1-2H3,(H,19,20). The normalized spacial score (nSPS) is 15.9. The number of aromatic nitrogens is 2. The van der Waals surface area contributed by atoms with Gasteiger partial charge < -0.3 is 9.84 Å². The molecule has 0 amide bonds. The Morgan fingerprint density at radius 1 is 1.38 bits per heavy atom. The predicted octanol–water partition coefficient (Wildman–Crippen LogP) is 2.51. The minimum atomic E-state index is -1.01. The SMILES string of the molecule is COC1(Cc2ccc(-c3cc(C(=O)O)nn3C)cc2)CC1. The number of benzene rings is 1. The van der Waals surface area contributed by atoms with E-state index in [4.69, 9.17) is 9.84 Å². The summed E-state index contributed by atoms with van der Waals surface area (Å²) in [6.45, 7) is 0. The maximum atomic E-state index is 11.0. The first-order chi connectivity index (χ1) is 10.0. The van der Waals surface area contributed by atoms with Gasteiger partial charge in [-0.15, -0.1) is 0 Å². The lowest BCUT2D eigenvalue weighted by Crippen LogP contribution is -2.14. The molecule has 1 aliphatic carbocycles. The highest BCUT2D eigenvalue weighted by atomic mass is 16.5. The van der Waals surface area contributed by atoms with Gasteiger partial charge in [0.1, 0.15) is 0 Å². The van der Waals surface area contributed by atoms with Crippen molar-refractivity contribution in [3.05, 3.63) is 41.6 Å². The summed E-state index contributed by atoms with van der Waals surface area (Å²) in [5.41, 5.74) is 3.10. The number of methoxy groups -OCH3 is 1. The van der Waals surface area contributed by atoms with Crippen molar-refractivity contribution in [1.82, 2.24) is 9.78 Å². The molecule has 3 rings (SSSR count). The van der Waals surface area contributed by atoms with Crippen molar-refractivity contribution in [3.63, 3.8) is 0 Å². The summed E-state index contributed by atoms with van der Waals surface area (Å²) in [4.78, 5) is 11.0. The lowest BCUT2D eigenvalue weighted by molar-refractivity contribution is 0.0689. The molecule has 0 radical (unpaired) electrons. The molecule has 1 N–H and O–H groups in total. The Balaban J connectivity index is 1.82. The van der Waals surface area contributed by atoms with Gasteiger partial charge in [-0.2, -0.15) is 5.10 Å². The number of aryl methyl sites for hydroxylation is 1. The number of ether oxygens (including phenoxy) is 1. The van der Waals surface area contributed by atoms with E-state index in [-0.39, 0.29) is 11.3 Å². The Bertz CT molecular complexity index is 669. The monoisotopic (exact) mass is 286 g/mol. The van der Waals surface area contributed by atoms with Crippen LogP contribution in [-0.4, -0.2) is 33.6 Å². The van der Waals surface area contributed by atoms with Crippen LogP contribution in [0.25, 0.3) is 11.3 Å². The van der Waals surface area contributed by atoms with Gasteiger partial charge in [0.25, 0.3) is 0 Å². The number of aromatic carboxylic acids is 1. The van der Waals surface area contributed by atoms with Crippen LogP contribution in [0.1, 0.15) is 28.9 Å². The Morgan fingerprint density at radius 2 is 2.05 bits per heavy atom. The molecular weight excluding hydrogens is 268 g/mol. The number of hydrogen-bond donors (Lipinski definition) is 1. The maximum absolute atomic E-state index is 11.0. The number of carboxylic acid groups (broad SMARTS) is 1. The molecule has 5 heteroatoms. The van der Waals surface area contributed by atoms with Crippen LogP contribution < -0.4 is 0 Å². The van der Waals surface area contributed by atoms with E-state index in [1.165, 1.54) is 5.56 Å². The molecule has 1 aromatic heterocycles. The van der Waals surface area contributed by atoms with E-state index < -0.39 is 5.97 Å². The van der Waals surface area contributed by atoms with E-state index >= 15 is 0 Å². The molecule has 0 bridgehead atoms. The van der Waals surface area contributed by atoms with Crippen molar-refractivity contribution in [2.24, 2.45) is 7.05 Å².